The second kappa shape index (κ2) is 5.15. The first-order valence-electron chi connectivity index (χ1n) is 7.73. The van der Waals surface area contributed by atoms with Crippen molar-refractivity contribution >= 4 is 10.0 Å². The van der Waals surface area contributed by atoms with Crippen LogP contribution in [0, 0.1) is 0 Å². The first-order chi connectivity index (χ1) is 11.0. The van der Waals surface area contributed by atoms with Gasteiger partial charge in [0, 0.05) is 20.1 Å². The zero-order chi connectivity index (χ0) is 16.1. The largest absolute Gasteiger partial charge is 0.368 e. The van der Waals surface area contributed by atoms with Gasteiger partial charge in [0.1, 0.15) is 5.60 Å². The average Bonchev–Trinajstić information content (AvgIpc) is 3.13. The summed E-state index contributed by atoms with van der Waals surface area (Å²) >= 11 is 0. The zero-order valence-electron chi connectivity index (χ0n) is 13.0. The Balaban J connectivity index is 1.70. The minimum absolute atomic E-state index is 0.223. The summed E-state index contributed by atoms with van der Waals surface area (Å²) in [5.41, 5.74) is 1.87. The van der Waals surface area contributed by atoms with Gasteiger partial charge in [-0.3, -0.25) is 4.68 Å². The Labute approximate surface area is 135 Å². The van der Waals surface area contributed by atoms with Crippen LogP contribution in [0.3, 0.4) is 0 Å². The molecule has 1 aromatic carbocycles. The highest BCUT2D eigenvalue weighted by molar-refractivity contribution is 7.89. The van der Waals surface area contributed by atoms with E-state index in [0.29, 0.717) is 19.7 Å². The Morgan fingerprint density at radius 2 is 2.09 bits per heavy atom. The predicted octanol–water partition coefficient (Wildman–Crippen LogP) is 1.28. The van der Waals surface area contributed by atoms with E-state index in [-0.39, 0.29) is 5.03 Å². The van der Waals surface area contributed by atoms with Crippen LogP contribution in [0.1, 0.15) is 17.5 Å². The number of morpholine rings is 1. The molecule has 2 heterocycles. The van der Waals surface area contributed by atoms with Gasteiger partial charge in [-0.15, -0.1) is 0 Å². The van der Waals surface area contributed by atoms with Gasteiger partial charge in [-0.2, -0.15) is 9.40 Å². The van der Waals surface area contributed by atoms with Crippen molar-refractivity contribution in [3.05, 3.63) is 47.7 Å². The Kier molecular flexibility index (Phi) is 3.33. The number of aromatic nitrogens is 2. The minimum atomic E-state index is -3.56. The third kappa shape index (κ3) is 2.22. The fourth-order valence-electron chi connectivity index (χ4n) is 3.67. The van der Waals surface area contributed by atoms with Gasteiger partial charge in [-0.05, 0) is 30.0 Å². The molecule has 2 aliphatic rings. The molecule has 0 saturated carbocycles. The molecule has 0 amide bonds. The van der Waals surface area contributed by atoms with Crippen LogP contribution >= 0.6 is 0 Å². The Hall–Kier alpha value is -1.70. The maximum atomic E-state index is 12.9. The Morgan fingerprint density at radius 1 is 1.26 bits per heavy atom. The number of aryl methyl sites for hydroxylation is 2. The topological polar surface area (TPSA) is 64.4 Å². The summed E-state index contributed by atoms with van der Waals surface area (Å²) in [7, 11) is -1.91. The summed E-state index contributed by atoms with van der Waals surface area (Å²) in [6.07, 6.45) is 3.26. The lowest BCUT2D eigenvalue weighted by Crippen LogP contribution is -2.51. The molecular formula is C16H19N3O3S. The third-order valence-corrected chi connectivity index (χ3v) is 6.76. The van der Waals surface area contributed by atoms with E-state index in [0.717, 1.165) is 18.4 Å². The number of hydrogen-bond acceptors (Lipinski definition) is 4. The molecule has 2 aromatic rings. The third-order valence-electron chi connectivity index (χ3n) is 4.84. The van der Waals surface area contributed by atoms with E-state index < -0.39 is 15.6 Å². The van der Waals surface area contributed by atoms with Crippen molar-refractivity contribution in [2.45, 2.75) is 23.5 Å². The van der Waals surface area contributed by atoms with Crippen LogP contribution < -0.4 is 0 Å². The van der Waals surface area contributed by atoms with E-state index in [1.165, 1.54) is 20.7 Å². The molecule has 0 bridgehead atoms. The lowest BCUT2D eigenvalue weighted by molar-refractivity contribution is -0.0934. The summed E-state index contributed by atoms with van der Waals surface area (Å²) < 4.78 is 34.9. The second-order valence-corrected chi connectivity index (χ2v) is 8.02. The number of rotatable bonds is 2. The molecule has 1 aliphatic heterocycles. The van der Waals surface area contributed by atoms with E-state index in [1.807, 2.05) is 12.1 Å². The molecule has 1 atom stereocenters. The molecule has 23 heavy (non-hydrogen) atoms. The van der Waals surface area contributed by atoms with Crippen LogP contribution in [0.4, 0.5) is 0 Å². The van der Waals surface area contributed by atoms with Gasteiger partial charge in [0.05, 0.1) is 12.8 Å². The predicted molar refractivity (Wildman–Crippen MR) is 84.4 cm³/mol. The molecule has 122 valence electrons. The molecular weight excluding hydrogens is 314 g/mol. The lowest BCUT2D eigenvalue weighted by atomic mass is 9.94. The van der Waals surface area contributed by atoms with Crippen molar-refractivity contribution < 1.29 is 13.2 Å². The van der Waals surface area contributed by atoms with Gasteiger partial charge in [0.2, 0.25) is 0 Å². The highest BCUT2D eigenvalue weighted by atomic mass is 32.2. The normalized spacial score (nSPS) is 24.9. The van der Waals surface area contributed by atoms with Crippen LogP contribution in [-0.4, -0.2) is 42.2 Å². The number of fused-ring (bicyclic) bond motifs is 2. The van der Waals surface area contributed by atoms with Gasteiger partial charge in [0.25, 0.3) is 10.0 Å². The standard InChI is InChI=1S/C16H19N3O3S/c1-18-15(7-9-17-18)23(20,21)19-10-11-22-16(12-19)8-6-13-4-2-3-5-14(13)16/h2-5,7,9H,6,8,10-12H2,1H3. The molecule has 7 heteroatoms. The summed E-state index contributed by atoms with van der Waals surface area (Å²) in [6, 6.07) is 9.71. The van der Waals surface area contributed by atoms with Gasteiger partial charge in [0.15, 0.2) is 5.03 Å². The zero-order valence-corrected chi connectivity index (χ0v) is 13.8. The summed E-state index contributed by atoms with van der Waals surface area (Å²) in [5.74, 6) is 0. The van der Waals surface area contributed by atoms with Crippen LogP contribution in [0.5, 0.6) is 0 Å². The summed E-state index contributed by atoms with van der Waals surface area (Å²) in [5, 5.41) is 4.21. The molecule has 1 fully saturated rings. The van der Waals surface area contributed by atoms with Gasteiger partial charge in [-0.1, -0.05) is 24.3 Å². The average molecular weight is 333 g/mol. The molecule has 0 radical (unpaired) electrons. The summed E-state index contributed by atoms with van der Waals surface area (Å²) in [4.78, 5) is 0. The van der Waals surface area contributed by atoms with E-state index >= 15 is 0 Å². The van der Waals surface area contributed by atoms with Gasteiger partial charge >= 0.3 is 0 Å². The monoisotopic (exact) mass is 333 g/mol. The SMILES string of the molecule is Cn1nccc1S(=O)(=O)N1CCOC2(CCc3ccccc32)C1. The van der Waals surface area contributed by atoms with Crippen molar-refractivity contribution in [3.8, 4) is 0 Å². The second-order valence-electron chi connectivity index (χ2n) is 6.13. The molecule has 0 N–H and O–H groups in total. The lowest BCUT2D eigenvalue weighted by Gasteiger charge is -2.40. The first-order valence-corrected chi connectivity index (χ1v) is 9.17. The fraction of sp³-hybridized carbons (Fsp3) is 0.438. The van der Waals surface area contributed by atoms with Crippen molar-refractivity contribution in [1.82, 2.24) is 14.1 Å². The van der Waals surface area contributed by atoms with E-state index in [4.69, 9.17) is 4.74 Å². The van der Waals surface area contributed by atoms with Crippen molar-refractivity contribution in [1.29, 1.82) is 0 Å². The number of benzene rings is 1. The van der Waals surface area contributed by atoms with Crippen molar-refractivity contribution in [2.75, 3.05) is 19.7 Å². The number of ether oxygens (including phenoxy) is 1. The molecule has 6 nitrogen and oxygen atoms in total. The van der Waals surface area contributed by atoms with Crippen molar-refractivity contribution in [2.24, 2.45) is 7.05 Å². The molecule has 1 spiro atoms. The molecule has 4 rings (SSSR count). The smallest absolute Gasteiger partial charge is 0.260 e. The van der Waals surface area contributed by atoms with Crippen molar-refractivity contribution in [3.63, 3.8) is 0 Å². The molecule has 1 aliphatic carbocycles. The number of sulfonamides is 1. The number of nitrogens with zero attached hydrogens (tertiary/aromatic N) is 3. The van der Waals surface area contributed by atoms with Crippen LogP contribution in [0.15, 0.2) is 41.6 Å². The molecule has 1 unspecified atom stereocenters. The van der Waals surface area contributed by atoms with E-state index in [1.54, 1.807) is 13.1 Å². The fourth-order valence-corrected chi connectivity index (χ4v) is 5.24. The maximum absolute atomic E-state index is 12.9. The summed E-state index contributed by atoms with van der Waals surface area (Å²) in [6.45, 7) is 1.14. The minimum Gasteiger partial charge on any atom is -0.368 e. The van der Waals surface area contributed by atoms with Crippen LogP contribution in [-0.2, 0) is 33.8 Å². The quantitative estimate of drug-likeness (QED) is 0.830. The highest BCUT2D eigenvalue weighted by Gasteiger charge is 2.46. The van der Waals surface area contributed by atoms with Gasteiger partial charge in [-0.25, -0.2) is 8.42 Å². The maximum Gasteiger partial charge on any atom is 0.260 e. The number of hydrogen-bond donors (Lipinski definition) is 0. The molecule has 1 saturated heterocycles. The highest BCUT2D eigenvalue weighted by Crippen LogP contribution is 2.42. The van der Waals surface area contributed by atoms with Crippen LogP contribution in [0.2, 0.25) is 0 Å². The first kappa shape index (κ1) is 14.9. The Morgan fingerprint density at radius 3 is 2.87 bits per heavy atom. The Bertz CT molecular complexity index is 842. The van der Waals surface area contributed by atoms with E-state index in [9.17, 15) is 8.42 Å². The van der Waals surface area contributed by atoms with Gasteiger partial charge < -0.3 is 4.74 Å². The van der Waals surface area contributed by atoms with Crippen LogP contribution in [0.25, 0.3) is 0 Å². The van der Waals surface area contributed by atoms with E-state index in [2.05, 4.69) is 17.2 Å². The molecule has 1 aromatic heterocycles.